The van der Waals surface area contributed by atoms with Crippen molar-refractivity contribution in [1.82, 2.24) is 19.5 Å². The molecule has 1 aliphatic rings. The van der Waals surface area contributed by atoms with Crippen LogP contribution in [0.1, 0.15) is 33.6 Å². The molecule has 1 fully saturated rings. The first kappa shape index (κ1) is 13.3. The molecule has 1 atom stereocenters. The van der Waals surface area contributed by atoms with Gasteiger partial charge in [0.25, 0.3) is 0 Å². The highest BCUT2D eigenvalue weighted by atomic mass is 16.5. The van der Waals surface area contributed by atoms with Gasteiger partial charge in [-0.1, -0.05) is 0 Å². The number of hydrogen-bond donors (Lipinski definition) is 1. The predicted molar refractivity (Wildman–Crippen MR) is 77.7 cm³/mol. The predicted octanol–water partition coefficient (Wildman–Crippen LogP) is 2.22. The van der Waals surface area contributed by atoms with Crippen LogP contribution in [-0.4, -0.2) is 37.8 Å². The van der Waals surface area contributed by atoms with Crippen LogP contribution >= 0.6 is 0 Å². The number of rotatable bonds is 3. The fraction of sp³-hybridized carbons (Fsp3) is 0.643. The van der Waals surface area contributed by atoms with Gasteiger partial charge in [-0.05, 0) is 33.6 Å². The second-order valence-electron chi connectivity index (χ2n) is 6.30. The number of imidazole rings is 1. The SMILES string of the molecule is CC(C)(C)Nc1ncnc2c1ncn2CC1CCCO1. The molecule has 0 saturated carbocycles. The summed E-state index contributed by atoms with van der Waals surface area (Å²) >= 11 is 0. The van der Waals surface area contributed by atoms with E-state index in [0.717, 1.165) is 43.0 Å². The molecule has 0 aromatic carbocycles. The maximum absolute atomic E-state index is 5.68. The Balaban J connectivity index is 1.90. The molecule has 2 aromatic heterocycles. The molecular weight excluding hydrogens is 254 g/mol. The fourth-order valence-electron chi connectivity index (χ4n) is 2.47. The highest BCUT2D eigenvalue weighted by Crippen LogP contribution is 2.22. The Bertz CT molecular complexity index is 595. The van der Waals surface area contributed by atoms with Gasteiger partial charge in [0.1, 0.15) is 11.8 Å². The minimum Gasteiger partial charge on any atom is -0.376 e. The minimum absolute atomic E-state index is 0.0559. The zero-order valence-corrected chi connectivity index (χ0v) is 12.3. The van der Waals surface area contributed by atoms with Gasteiger partial charge in [0, 0.05) is 12.1 Å². The van der Waals surface area contributed by atoms with Crippen LogP contribution in [0.2, 0.25) is 0 Å². The summed E-state index contributed by atoms with van der Waals surface area (Å²) in [4.78, 5) is 13.1. The summed E-state index contributed by atoms with van der Waals surface area (Å²) in [5.74, 6) is 0.786. The van der Waals surface area contributed by atoms with Gasteiger partial charge >= 0.3 is 0 Å². The second-order valence-corrected chi connectivity index (χ2v) is 6.30. The molecule has 2 aromatic rings. The van der Waals surface area contributed by atoms with Crippen LogP contribution in [-0.2, 0) is 11.3 Å². The first-order valence-corrected chi connectivity index (χ1v) is 7.08. The standard InChI is InChI=1S/C14H21N5O/c1-14(2,3)18-12-11-13(16-8-15-12)19(9-17-11)7-10-5-4-6-20-10/h8-10H,4-7H2,1-3H3,(H,15,16,18). The topological polar surface area (TPSA) is 64.9 Å². The van der Waals surface area contributed by atoms with E-state index >= 15 is 0 Å². The van der Waals surface area contributed by atoms with Gasteiger partial charge < -0.3 is 14.6 Å². The van der Waals surface area contributed by atoms with Gasteiger partial charge in [-0.15, -0.1) is 0 Å². The van der Waals surface area contributed by atoms with Crippen molar-refractivity contribution in [2.24, 2.45) is 0 Å². The second kappa shape index (κ2) is 5.01. The van der Waals surface area contributed by atoms with Crippen LogP contribution in [0.15, 0.2) is 12.7 Å². The summed E-state index contributed by atoms with van der Waals surface area (Å²) in [6.45, 7) is 7.98. The molecule has 1 saturated heterocycles. The molecule has 1 N–H and O–H groups in total. The molecule has 0 amide bonds. The van der Waals surface area contributed by atoms with Crippen LogP contribution in [0.25, 0.3) is 11.2 Å². The molecular formula is C14H21N5O. The lowest BCUT2D eigenvalue weighted by Crippen LogP contribution is -2.27. The number of ether oxygens (including phenoxy) is 1. The van der Waals surface area contributed by atoms with Gasteiger partial charge in [-0.25, -0.2) is 15.0 Å². The van der Waals surface area contributed by atoms with E-state index in [1.54, 1.807) is 6.33 Å². The number of nitrogens with zero attached hydrogens (tertiary/aromatic N) is 4. The summed E-state index contributed by atoms with van der Waals surface area (Å²) in [7, 11) is 0. The van der Waals surface area contributed by atoms with Crippen LogP contribution < -0.4 is 5.32 Å². The largest absolute Gasteiger partial charge is 0.376 e. The summed E-state index contributed by atoms with van der Waals surface area (Å²) in [5.41, 5.74) is 1.63. The molecule has 6 nitrogen and oxygen atoms in total. The molecule has 0 bridgehead atoms. The van der Waals surface area contributed by atoms with Gasteiger partial charge in [0.15, 0.2) is 11.5 Å². The fourth-order valence-corrected chi connectivity index (χ4v) is 2.47. The Morgan fingerprint density at radius 2 is 2.20 bits per heavy atom. The summed E-state index contributed by atoms with van der Waals surface area (Å²) in [6, 6.07) is 0. The lowest BCUT2D eigenvalue weighted by Gasteiger charge is -2.21. The van der Waals surface area contributed by atoms with Crippen molar-refractivity contribution < 1.29 is 4.74 Å². The number of nitrogens with one attached hydrogen (secondary N) is 1. The quantitative estimate of drug-likeness (QED) is 0.930. The first-order valence-electron chi connectivity index (χ1n) is 7.08. The van der Waals surface area contributed by atoms with Crippen LogP contribution in [0.5, 0.6) is 0 Å². The molecule has 108 valence electrons. The third-order valence-electron chi connectivity index (χ3n) is 3.32. The highest BCUT2D eigenvalue weighted by molar-refractivity contribution is 5.82. The Kier molecular flexibility index (Phi) is 3.33. The summed E-state index contributed by atoms with van der Waals surface area (Å²) < 4.78 is 7.73. The van der Waals surface area contributed by atoms with Crippen molar-refractivity contribution in [1.29, 1.82) is 0 Å². The van der Waals surface area contributed by atoms with Crippen molar-refractivity contribution in [3.05, 3.63) is 12.7 Å². The average Bonchev–Trinajstić information content (AvgIpc) is 2.99. The van der Waals surface area contributed by atoms with Gasteiger partial charge in [0.2, 0.25) is 0 Å². The van der Waals surface area contributed by atoms with E-state index in [1.807, 2.05) is 6.33 Å². The molecule has 0 radical (unpaired) electrons. The van der Waals surface area contributed by atoms with Crippen LogP contribution in [0.4, 0.5) is 5.82 Å². The van der Waals surface area contributed by atoms with E-state index in [9.17, 15) is 0 Å². The molecule has 1 aliphatic heterocycles. The maximum Gasteiger partial charge on any atom is 0.165 e. The lowest BCUT2D eigenvalue weighted by molar-refractivity contribution is 0.0978. The monoisotopic (exact) mass is 275 g/mol. The Morgan fingerprint density at radius 3 is 2.90 bits per heavy atom. The lowest BCUT2D eigenvalue weighted by atomic mass is 10.1. The average molecular weight is 275 g/mol. The van der Waals surface area contributed by atoms with Crippen molar-refractivity contribution in [2.75, 3.05) is 11.9 Å². The van der Waals surface area contributed by atoms with Crippen molar-refractivity contribution in [3.63, 3.8) is 0 Å². The zero-order valence-electron chi connectivity index (χ0n) is 12.3. The van der Waals surface area contributed by atoms with Gasteiger partial charge in [-0.2, -0.15) is 0 Å². The van der Waals surface area contributed by atoms with Gasteiger partial charge in [-0.3, -0.25) is 0 Å². The number of hydrogen-bond acceptors (Lipinski definition) is 5. The summed E-state index contributed by atoms with van der Waals surface area (Å²) in [6.07, 6.45) is 5.95. The van der Waals surface area contributed by atoms with Crippen molar-refractivity contribution in [2.45, 2.75) is 51.8 Å². The molecule has 3 heterocycles. The van der Waals surface area contributed by atoms with E-state index in [4.69, 9.17) is 4.74 Å². The number of anilines is 1. The van der Waals surface area contributed by atoms with Gasteiger partial charge in [0.05, 0.1) is 19.0 Å². The highest BCUT2D eigenvalue weighted by Gasteiger charge is 2.19. The maximum atomic E-state index is 5.68. The zero-order chi connectivity index (χ0) is 14.2. The van der Waals surface area contributed by atoms with Crippen molar-refractivity contribution >= 4 is 17.0 Å². The first-order chi connectivity index (χ1) is 9.53. The van der Waals surface area contributed by atoms with E-state index in [2.05, 4.69) is 45.6 Å². The number of fused-ring (bicyclic) bond motifs is 1. The number of aromatic nitrogens is 4. The Morgan fingerprint density at radius 1 is 1.35 bits per heavy atom. The smallest absolute Gasteiger partial charge is 0.165 e. The minimum atomic E-state index is -0.0559. The van der Waals surface area contributed by atoms with E-state index in [-0.39, 0.29) is 11.6 Å². The van der Waals surface area contributed by atoms with E-state index in [1.165, 1.54) is 0 Å². The van der Waals surface area contributed by atoms with E-state index < -0.39 is 0 Å². The Labute approximate surface area is 118 Å². The van der Waals surface area contributed by atoms with Crippen LogP contribution in [0, 0.1) is 0 Å². The Hall–Kier alpha value is -1.69. The molecule has 0 aliphatic carbocycles. The molecule has 0 spiro atoms. The molecule has 3 rings (SSSR count). The van der Waals surface area contributed by atoms with E-state index in [0.29, 0.717) is 0 Å². The normalized spacial score (nSPS) is 19.6. The molecule has 6 heteroatoms. The summed E-state index contributed by atoms with van der Waals surface area (Å²) in [5, 5.41) is 3.37. The van der Waals surface area contributed by atoms with Crippen molar-refractivity contribution in [3.8, 4) is 0 Å². The molecule has 20 heavy (non-hydrogen) atoms. The van der Waals surface area contributed by atoms with Crippen LogP contribution in [0.3, 0.4) is 0 Å². The third-order valence-corrected chi connectivity index (χ3v) is 3.32. The third kappa shape index (κ3) is 2.75. The molecule has 1 unspecified atom stereocenters.